The van der Waals surface area contributed by atoms with Crippen LogP contribution >= 0.6 is 0 Å². The minimum Gasteiger partial charge on any atom is -0.394 e. The number of benzene rings is 1. The molecule has 2 rings (SSSR count). The predicted octanol–water partition coefficient (Wildman–Crippen LogP) is 2.03. The Morgan fingerprint density at radius 2 is 1.94 bits per heavy atom. The number of hydrogen-bond donors (Lipinski definition) is 0. The molecule has 0 N–H and O–H groups in total. The van der Waals surface area contributed by atoms with Crippen LogP contribution in [0.15, 0.2) is 29.4 Å². The molecule has 1 aliphatic heterocycles. The Morgan fingerprint density at radius 1 is 1.28 bits per heavy atom. The molecule has 18 heavy (non-hydrogen) atoms. The van der Waals surface area contributed by atoms with Gasteiger partial charge in [0.05, 0.1) is 13.2 Å². The minimum atomic E-state index is 0.583. The molecule has 0 aliphatic carbocycles. The molecule has 1 aromatic carbocycles. The van der Waals surface area contributed by atoms with Gasteiger partial charge >= 0.3 is 0 Å². The van der Waals surface area contributed by atoms with Crippen LogP contribution in [0.25, 0.3) is 0 Å². The van der Waals surface area contributed by atoms with Crippen LogP contribution in [0.5, 0.6) is 0 Å². The van der Waals surface area contributed by atoms with Crippen molar-refractivity contribution in [2.45, 2.75) is 13.8 Å². The van der Waals surface area contributed by atoms with Gasteiger partial charge in [0.15, 0.2) is 5.84 Å². The summed E-state index contributed by atoms with van der Waals surface area (Å²) in [7, 11) is 0. The Morgan fingerprint density at radius 3 is 2.56 bits per heavy atom. The maximum Gasteiger partial charge on any atom is 0.175 e. The number of rotatable bonds is 3. The highest BCUT2D eigenvalue weighted by Crippen LogP contribution is 2.10. The molecule has 0 saturated carbocycles. The number of ether oxygens (including phenoxy) is 1. The molecule has 1 heterocycles. The monoisotopic (exact) mass is 248 g/mol. The van der Waals surface area contributed by atoms with Gasteiger partial charge in [-0.15, -0.1) is 0 Å². The standard InChI is InChI=1S/C14H20N2O2/c1-3-18-15-14(16-8-10-17-11-9-16)13-6-4-12(2)5-7-13/h4-7H,3,8-11H2,1-2H3/b15-14-. The van der Waals surface area contributed by atoms with Gasteiger partial charge in [0.2, 0.25) is 0 Å². The minimum absolute atomic E-state index is 0.583. The van der Waals surface area contributed by atoms with Gasteiger partial charge < -0.3 is 14.5 Å². The van der Waals surface area contributed by atoms with Crippen molar-refractivity contribution >= 4 is 5.84 Å². The van der Waals surface area contributed by atoms with Crippen LogP contribution < -0.4 is 0 Å². The summed E-state index contributed by atoms with van der Waals surface area (Å²) >= 11 is 0. The predicted molar refractivity (Wildman–Crippen MR) is 71.7 cm³/mol. The zero-order valence-electron chi connectivity index (χ0n) is 11.1. The summed E-state index contributed by atoms with van der Waals surface area (Å²) in [6.07, 6.45) is 0. The third-order valence-corrected chi connectivity index (χ3v) is 2.90. The van der Waals surface area contributed by atoms with Crippen LogP contribution in [0.4, 0.5) is 0 Å². The number of nitrogens with zero attached hydrogens (tertiary/aromatic N) is 2. The van der Waals surface area contributed by atoms with Gasteiger partial charge in [-0.25, -0.2) is 0 Å². The molecule has 1 aliphatic rings. The largest absolute Gasteiger partial charge is 0.394 e. The topological polar surface area (TPSA) is 34.1 Å². The van der Waals surface area contributed by atoms with Crippen molar-refractivity contribution in [3.63, 3.8) is 0 Å². The van der Waals surface area contributed by atoms with Crippen molar-refractivity contribution in [2.24, 2.45) is 5.16 Å². The zero-order chi connectivity index (χ0) is 12.8. The molecule has 4 nitrogen and oxygen atoms in total. The first-order valence-electron chi connectivity index (χ1n) is 6.41. The smallest absolute Gasteiger partial charge is 0.175 e. The lowest BCUT2D eigenvalue weighted by Crippen LogP contribution is -2.41. The average molecular weight is 248 g/mol. The van der Waals surface area contributed by atoms with E-state index in [1.54, 1.807) is 0 Å². The van der Waals surface area contributed by atoms with Crippen molar-refractivity contribution in [3.05, 3.63) is 35.4 Å². The maximum atomic E-state index is 5.37. The van der Waals surface area contributed by atoms with E-state index in [0.29, 0.717) is 6.61 Å². The average Bonchev–Trinajstić information content (AvgIpc) is 2.42. The van der Waals surface area contributed by atoms with Crippen molar-refractivity contribution < 1.29 is 9.57 Å². The molecule has 1 fully saturated rings. The van der Waals surface area contributed by atoms with E-state index >= 15 is 0 Å². The molecule has 1 aromatic rings. The first-order chi connectivity index (χ1) is 8.81. The molecule has 0 bridgehead atoms. The fourth-order valence-corrected chi connectivity index (χ4v) is 1.90. The molecule has 98 valence electrons. The molecule has 0 atom stereocenters. The highest BCUT2D eigenvalue weighted by Gasteiger charge is 2.17. The quantitative estimate of drug-likeness (QED) is 0.466. The van der Waals surface area contributed by atoms with E-state index < -0.39 is 0 Å². The van der Waals surface area contributed by atoms with Crippen molar-refractivity contribution in [1.29, 1.82) is 0 Å². The van der Waals surface area contributed by atoms with E-state index in [1.807, 2.05) is 6.92 Å². The van der Waals surface area contributed by atoms with Gasteiger partial charge in [0, 0.05) is 18.7 Å². The molecule has 4 heteroatoms. The number of hydrogen-bond acceptors (Lipinski definition) is 3. The summed E-state index contributed by atoms with van der Waals surface area (Å²) in [4.78, 5) is 7.45. The summed E-state index contributed by atoms with van der Waals surface area (Å²) in [5.41, 5.74) is 2.34. The van der Waals surface area contributed by atoms with Crippen LogP contribution in [0.2, 0.25) is 0 Å². The van der Waals surface area contributed by atoms with Crippen LogP contribution in [0, 0.1) is 6.92 Å². The van der Waals surface area contributed by atoms with E-state index in [1.165, 1.54) is 5.56 Å². The van der Waals surface area contributed by atoms with E-state index in [4.69, 9.17) is 9.57 Å². The fraction of sp³-hybridized carbons (Fsp3) is 0.500. The second-order valence-corrected chi connectivity index (χ2v) is 4.30. The molecular weight excluding hydrogens is 228 g/mol. The SMILES string of the molecule is CCO/N=C(/c1ccc(C)cc1)N1CCOCC1. The first-order valence-corrected chi connectivity index (χ1v) is 6.41. The third kappa shape index (κ3) is 3.23. The molecule has 1 saturated heterocycles. The Bertz CT molecular complexity index is 395. The van der Waals surface area contributed by atoms with Gasteiger partial charge in [-0.1, -0.05) is 35.0 Å². The van der Waals surface area contributed by atoms with Crippen LogP contribution in [0.3, 0.4) is 0 Å². The van der Waals surface area contributed by atoms with Gasteiger partial charge in [-0.2, -0.15) is 0 Å². The Hall–Kier alpha value is -1.55. The summed E-state index contributed by atoms with van der Waals surface area (Å²) in [6.45, 7) is 7.82. The van der Waals surface area contributed by atoms with E-state index in [0.717, 1.165) is 37.7 Å². The molecule has 0 radical (unpaired) electrons. The van der Waals surface area contributed by atoms with Gasteiger partial charge in [0.25, 0.3) is 0 Å². The second kappa shape index (κ2) is 6.40. The lowest BCUT2D eigenvalue weighted by atomic mass is 10.1. The van der Waals surface area contributed by atoms with E-state index in [-0.39, 0.29) is 0 Å². The number of aryl methyl sites for hydroxylation is 1. The zero-order valence-corrected chi connectivity index (χ0v) is 11.1. The van der Waals surface area contributed by atoms with E-state index in [2.05, 4.69) is 41.2 Å². The Balaban J connectivity index is 2.21. The van der Waals surface area contributed by atoms with Crippen molar-refractivity contribution in [1.82, 2.24) is 4.90 Å². The lowest BCUT2D eigenvalue weighted by Gasteiger charge is -2.29. The van der Waals surface area contributed by atoms with E-state index in [9.17, 15) is 0 Å². The van der Waals surface area contributed by atoms with Crippen LogP contribution in [-0.4, -0.2) is 43.6 Å². The lowest BCUT2D eigenvalue weighted by molar-refractivity contribution is 0.0647. The number of morpholine rings is 1. The molecule has 0 unspecified atom stereocenters. The first kappa shape index (κ1) is 12.9. The Kier molecular flexibility index (Phi) is 4.59. The molecule has 0 aromatic heterocycles. The Labute approximate surface area is 108 Å². The number of amidine groups is 1. The maximum absolute atomic E-state index is 5.37. The van der Waals surface area contributed by atoms with Gasteiger partial charge in [-0.3, -0.25) is 0 Å². The van der Waals surface area contributed by atoms with Crippen LogP contribution in [0.1, 0.15) is 18.1 Å². The molecule has 0 spiro atoms. The second-order valence-electron chi connectivity index (χ2n) is 4.30. The third-order valence-electron chi connectivity index (χ3n) is 2.90. The number of oxime groups is 1. The summed E-state index contributed by atoms with van der Waals surface area (Å²) < 4.78 is 5.37. The fourth-order valence-electron chi connectivity index (χ4n) is 1.90. The normalized spacial score (nSPS) is 16.8. The molecule has 0 amide bonds. The highest BCUT2D eigenvalue weighted by atomic mass is 16.6. The van der Waals surface area contributed by atoms with Gasteiger partial charge in [-0.05, 0) is 13.8 Å². The van der Waals surface area contributed by atoms with Gasteiger partial charge in [0.1, 0.15) is 6.61 Å². The summed E-state index contributed by atoms with van der Waals surface area (Å²) in [5, 5.41) is 4.25. The van der Waals surface area contributed by atoms with Crippen molar-refractivity contribution in [2.75, 3.05) is 32.9 Å². The summed E-state index contributed by atoms with van der Waals surface area (Å²) in [5.74, 6) is 0.903. The molecular formula is C14H20N2O2. The van der Waals surface area contributed by atoms with Crippen LogP contribution in [-0.2, 0) is 9.57 Å². The highest BCUT2D eigenvalue weighted by molar-refractivity contribution is 5.98. The van der Waals surface area contributed by atoms with Crippen molar-refractivity contribution in [3.8, 4) is 0 Å². The summed E-state index contributed by atoms with van der Waals surface area (Å²) in [6, 6.07) is 8.36.